The van der Waals surface area contributed by atoms with Crippen LogP contribution in [0, 0.1) is 0 Å². The largest absolute Gasteiger partial charge is 0.456 e. The summed E-state index contributed by atoms with van der Waals surface area (Å²) in [5.74, 6) is 1.83. The maximum absolute atomic E-state index is 6.33. The quantitative estimate of drug-likeness (QED) is 0.209. The van der Waals surface area contributed by atoms with E-state index >= 15 is 0 Å². The second-order valence-corrected chi connectivity index (χ2v) is 11.1. The van der Waals surface area contributed by atoms with Crippen LogP contribution >= 0.6 is 0 Å². The van der Waals surface area contributed by atoms with Crippen molar-refractivity contribution in [1.29, 1.82) is 0 Å². The van der Waals surface area contributed by atoms with Gasteiger partial charge < -0.3 is 4.42 Å². The summed E-state index contributed by atoms with van der Waals surface area (Å²) in [7, 11) is 0. The highest BCUT2D eigenvalue weighted by atomic mass is 16.3. The number of furan rings is 1. The molecule has 0 saturated carbocycles. The Kier molecular flexibility index (Phi) is 5.74. The lowest BCUT2D eigenvalue weighted by Gasteiger charge is -2.10. The molecule has 0 saturated heterocycles. The number of hydrogen-bond donors (Lipinski definition) is 0. The Labute approximate surface area is 258 Å². The van der Waals surface area contributed by atoms with Crippen LogP contribution in [0.1, 0.15) is 0 Å². The molecule has 0 atom stereocenters. The summed E-state index contributed by atoms with van der Waals surface area (Å²) in [6.07, 6.45) is 1.80. The Morgan fingerprint density at radius 1 is 0.422 bits per heavy atom. The Balaban J connectivity index is 1.24. The molecule has 9 aromatic rings. The van der Waals surface area contributed by atoms with Crippen molar-refractivity contribution in [3.63, 3.8) is 0 Å². The highest BCUT2D eigenvalue weighted by Crippen LogP contribution is 2.38. The molecule has 0 N–H and O–H groups in total. The van der Waals surface area contributed by atoms with E-state index in [2.05, 4.69) is 83.8 Å². The van der Waals surface area contributed by atoms with Gasteiger partial charge in [0.2, 0.25) is 0 Å². The molecular formula is C40H24N4O. The molecule has 0 fully saturated rings. The first kappa shape index (κ1) is 25.3. The lowest BCUT2D eigenvalue weighted by atomic mass is 10.00. The molecule has 3 aromatic heterocycles. The maximum Gasteiger partial charge on any atom is 0.164 e. The molecule has 0 unspecified atom stereocenters. The number of hydrogen-bond acceptors (Lipinski definition) is 5. The van der Waals surface area contributed by atoms with Crippen molar-refractivity contribution in [2.24, 2.45) is 0 Å². The molecule has 0 aliphatic carbocycles. The molecule has 6 aromatic carbocycles. The van der Waals surface area contributed by atoms with E-state index in [4.69, 9.17) is 19.4 Å². The first-order chi connectivity index (χ1) is 22.3. The first-order valence-corrected chi connectivity index (χ1v) is 14.9. The van der Waals surface area contributed by atoms with Gasteiger partial charge in [0.1, 0.15) is 11.2 Å². The molecule has 0 spiro atoms. The average molecular weight is 577 g/mol. The van der Waals surface area contributed by atoms with Crippen LogP contribution in [-0.2, 0) is 0 Å². The van der Waals surface area contributed by atoms with E-state index in [1.165, 1.54) is 11.1 Å². The Morgan fingerprint density at radius 2 is 1.11 bits per heavy atom. The van der Waals surface area contributed by atoms with Crippen molar-refractivity contribution in [1.82, 2.24) is 19.9 Å². The number of rotatable bonds is 4. The summed E-state index contributed by atoms with van der Waals surface area (Å²) in [4.78, 5) is 19.6. The van der Waals surface area contributed by atoms with Gasteiger partial charge in [0.25, 0.3) is 0 Å². The summed E-state index contributed by atoms with van der Waals surface area (Å²) in [6.45, 7) is 0. The molecule has 0 bridgehead atoms. The summed E-state index contributed by atoms with van der Waals surface area (Å²) >= 11 is 0. The van der Waals surface area contributed by atoms with E-state index in [9.17, 15) is 0 Å². The van der Waals surface area contributed by atoms with Crippen molar-refractivity contribution < 1.29 is 4.42 Å². The summed E-state index contributed by atoms with van der Waals surface area (Å²) < 4.78 is 6.33. The van der Waals surface area contributed by atoms with E-state index in [1.54, 1.807) is 6.20 Å². The second-order valence-electron chi connectivity index (χ2n) is 11.1. The molecular weight excluding hydrogens is 552 g/mol. The van der Waals surface area contributed by atoms with E-state index in [1.807, 2.05) is 60.7 Å². The van der Waals surface area contributed by atoms with Gasteiger partial charge in [-0.15, -0.1) is 0 Å². The van der Waals surface area contributed by atoms with Crippen molar-refractivity contribution in [3.8, 4) is 45.3 Å². The third-order valence-electron chi connectivity index (χ3n) is 8.33. The Bertz CT molecular complexity index is 2540. The smallest absolute Gasteiger partial charge is 0.164 e. The fourth-order valence-corrected chi connectivity index (χ4v) is 6.12. The number of fused-ring (bicyclic) bond motifs is 5. The number of benzene rings is 6. The number of pyridine rings is 1. The minimum atomic E-state index is 0.595. The fourth-order valence-electron chi connectivity index (χ4n) is 6.12. The van der Waals surface area contributed by atoms with Gasteiger partial charge in [0.15, 0.2) is 17.5 Å². The SMILES string of the molecule is c1ccc(-c2ccc3cc(-c4nc(-c5ccccc5)nc(-c5cccc6oc7cc8ncccc8cc7c56)n4)ccc3c2)cc1. The Morgan fingerprint density at radius 3 is 1.91 bits per heavy atom. The summed E-state index contributed by atoms with van der Waals surface area (Å²) in [5.41, 5.74) is 7.59. The van der Waals surface area contributed by atoms with Crippen LogP contribution in [0.3, 0.4) is 0 Å². The van der Waals surface area contributed by atoms with Gasteiger partial charge >= 0.3 is 0 Å². The van der Waals surface area contributed by atoms with Crippen LogP contribution < -0.4 is 0 Å². The van der Waals surface area contributed by atoms with Gasteiger partial charge in [0.05, 0.1) is 5.52 Å². The van der Waals surface area contributed by atoms with Crippen LogP contribution in [0.15, 0.2) is 150 Å². The molecule has 5 heteroatoms. The van der Waals surface area contributed by atoms with Crippen LogP contribution in [0.2, 0.25) is 0 Å². The molecule has 9 rings (SSSR count). The second kappa shape index (κ2) is 10.2. The van der Waals surface area contributed by atoms with Gasteiger partial charge in [-0.2, -0.15) is 0 Å². The van der Waals surface area contributed by atoms with Crippen LogP contribution in [0.4, 0.5) is 0 Å². The minimum Gasteiger partial charge on any atom is -0.456 e. The summed E-state index contributed by atoms with van der Waals surface area (Å²) in [6, 6.07) is 47.7. The van der Waals surface area contributed by atoms with Gasteiger partial charge in [-0.25, -0.2) is 15.0 Å². The van der Waals surface area contributed by atoms with Gasteiger partial charge in [-0.1, -0.05) is 103 Å². The van der Waals surface area contributed by atoms with E-state index in [0.29, 0.717) is 17.5 Å². The van der Waals surface area contributed by atoms with Crippen LogP contribution in [0.5, 0.6) is 0 Å². The topological polar surface area (TPSA) is 64.7 Å². The molecule has 5 nitrogen and oxygen atoms in total. The molecule has 0 radical (unpaired) electrons. The highest BCUT2D eigenvalue weighted by molar-refractivity contribution is 6.14. The monoisotopic (exact) mass is 576 g/mol. The van der Waals surface area contributed by atoms with Crippen LogP contribution in [0.25, 0.3) is 88.9 Å². The first-order valence-electron chi connectivity index (χ1n) is 14.9. The zero-order valence-electron chi connectivity index (χ0n) is 24.1. The Hall–Kier alpha value is -6.20. The lowest BCUT2D eigenvalue weighted by molar-refractivity contribution is 0.669. The van der Waals surface area contributed by atoms with Gasteiger partial charge in [0, 0.05) is 45.1 Å². The number of nitrogens with zero attached hydrogens (tertiary/aromatic N) is 4. The van der Waals surface area contributed by atoms with Crippen molar-refractivity contribution in [3.05, 3.63) is 146 Å². The third-order valence-corrected chi connectivity index (χ3v) is 8.33. The van der Waals surface area contributed by atoms with Gasteiger partial charge in [-0.3, -0.25) is 4.98 Å². The van der Waals surface area contributed by atoms with Crippen molar-refractivity contribution in [2.75, 3.05) is 0 Å². The predicted molar refractivity (Wildman–Crippen MR) is 182 cm³/mol. The van der Waals surface area contributed by atoms with Crippen molar-refractivity contribution >= 4 is 43.6 Å². The predicted octanol–water partition coefficient (Wildman–Crippen LogP) is 10.1. The van der Waals surface area contributed by atoms with Gasteiger partial charge in [-0.05, 0) is 52.2 Å². The van der Waals surface area contributed by atoms with E-state index in [0.717, 1.165) is 60.3 Å². The molecule has 0 aliphatic rings. The van der Waals surface area contributed by atoms with Crippen LogP contribution in [-0.4, -0.2) is 19.9 Å². The lowest BCUT2D eigenvalue weighted by Crippen LogP contribution is -2.00. The molecule has 0 aliphatic heterocycles. The zero-order chi connectivity index (χ0) is 29.7. The molecule has 45 heavy (non-hydrogen) atoms. The fraction of sp³-hybridized carbons (Fsp3) is 0. The van der Waals surface area contributed by atoms with E-state index in [-0.39, 0.29) is 0 Å². The molecule has 210 valence electrons. The maximum atomic E-state index is 6.33. The third kappa shape index (κ3) is 4.41. The highest BCUT2D eigenvalue weighted by Gasteiger charge is 2.18. The average Bonchev–Trinajstić information content (AvgIpc) is 3.48. The summed E-state index contributed by atoms with van der Waals surface area (Å²) in [5, 5.41) is 5.31. The van der Waals surface area contributed by atoms with E-state index < -0.39 is 0 Å². The normalized spacial score (nSPS) is 11.6. The minimum absolute atomic E-state index is 0.595. The zero-order valence-corrected chi connectivity index (χ0v) is 24.1. The molecule has 3 heterocycles. The molecule has 0 amide bonds. The van der Waals surface area contributed by atoms with Crippen molar-refractivity contribution in [2.45, 2.75) is 0 Å². The number of aromatic nitrogens is 4. The standard InChI is InChI=1S/C40H24N4O/c1-3-9-25(10-4-1)27-16-17-29-22-31(19-18-28(29)21-27)39-42-38(26-11-5-2-6-12-26)43-40(44-39)32-14-7-15-35-37(32)33-23-30-13-8-20-41-34(30)24-36(33)45-35/h1-24H.